The number of hydrogen-bond acceptors (Lipinski definition) is 4. The van der Waals surface area contributed by atoms with Gasteiger partial charge in [-0.2, -0.15) is 0 Å². The molecule has 0 unspecified atom stereocenters. The summed E-state index contributed by atoms with van der Waals surface area (Å²) in [5.41, 5.74) is 0.721. The van der Waals surface area contributed by atoms with E-state index in [4.69, 9.17) is 4.74 Å². The van der Waals surface area contributed by atoms with Crippen molar-refractivity contribution in [3.8, 4) is 5.75 Å². The number of ether oxygens (including phenoxy) is 1. The molecule has 1 aromatic rings. The Hall–Kier alpha value is -1.75. The summed E-state index contributed by atoms with van der Waals surface area (Å²) < 4.78 is 5.38. The largest absolute Gasteiger partial charge is 0.508 e. The van der Waals surface area contributed by atoms with E-state index in [0.29, 0.717) is 13.1 Å². The third-order valence-electron chi connectivity index (χ3n) is 3.37. The zero-order valence-corrected chi connectivity index (χ0v) is 13.0. The summed E-state index contributed by atoms with van der Waals surface area (Å²) in [5, 5.41) is 9.28. The minimum atomic E-state index is -0.444. The number of piperazine rings is 1. The third kappa shape index (κ3) is 4.93. The lowest BCUT2D eigenvalue weighted by atomic mass is 10.2. The van der Waals surface area contributed by atoms with Crippen molar-refractivity contribution in [3.05, 3.63) is 29.8 Å². The number of aromatic hydroxyl groups is 1. The summed E-state index contributed by atoms with van der Waals surface area (Å²) in [6.07, 6.45) is -0.230. The van der Waals surface area contributed by atoms with E-state index in [-0.39, 0.29) is 11.8 Å². The van der Waals surface area contributed by atoms with Gasteiger partial charge in [-0.25, -0.2) is 4.79 Å². The van der Waals surface area contributed by atoms with Crippen LogP contribution in [0.4, 0.5) is 4.79 Å². The van der Waals surface area contributed by atoms with E-state index < -0.39 is 5.60 Å². The van der Waals surface area contributed by atoms with E-state index in [1.807, 2.05) is 32.9 Å². The maximum absolute atomic E-state index is 12.0. The lowest BCUT2D eigenvalue weighted by Crippen LogP contribution is -2.49. The number of benzene rings is 1. The summed E-state index contributed by atoms with van der Waals surface area (Å²) in [6.45, 7) is 9.52. The maximum Gasteiger partial charge on any atom is 0.410 e. The normalized spacial score (nSPS) is 16.8. The number of nitrogens with zero attached hydrogens (tertiary/aromatic N) is 2. The monoisotopic (exact) mass is 292 g/mol. The number of phenols is 1. The second-order valence-electron chi connectivity index (χ2n) is 6.41. The van der Waals surface area contributed by atoms with Crippen LogP contribution in [-0.4, -0.2) is 52.8 Å². The van der Waals surface area contributed by atoms with E-state index in [9.17, 15) is 9.90 Å². The molecule has 0 atom stereocenters. The molecule has 116 valence electrons. The summed E-state index contributed by atoms with van der Waals surface area (Å²) in [6, 6.07) is 7.25. The van der Waals surface area contributed by atoms with Crippen LogP contribution in [-0.2, 0) is 11.3 Å². The molecule has 5 heteroatoms. The fourth-order valence-electron chi connectivity index (χ4n) is 2.27. The van der Waals surface area contributed by atoms with Crippen LogP contribution in [0.3, 0.4) is 0 Å². The molecule has 0 bridgehead atoms. The molecule has 0 aliphatic carbocycles. The van der Waals surface area contributed by atoms with Gasteiger partial charge in [-0.3, -0.25) is 4.90 Å². The van der Waals surface area contributed by atoms with Gasteiger partial charge in [0.1, 0.15) is 11.4 Å². The van der Waals surface area contributed by atoms with Gasteiger partial charge >= 0.3 is 6.09 Å². The zero-order valence-electron chi connectivity index (χ0n) is 13.0. The second-order valence-corrected chi connectivity index (χ2v) is 6.41. The van der Waals surface area contributed by atoms with Gasteiger partial charge in [0.25, 0.3) is 0 Å². The predicted molar refractivity (Wildman–Crippen MR) is 81.2 cm³/mol. The minimum Gasteiger partial charge on any atom is -0.508 e. The van der Waals surface area contributed by atoms with Crippen molar-refractivity contribution in [2.75, 3.05) is 26.2 Å². The first-order valence-corrected chi connectivity index (χ1v) is 7.32. The molecule has 21 heavy (non-hydrogen) atoms. The fourth-order valence-corrected chi connectivity index (χ4v) is 2.27. The number of rotatable bonds is 2. The summed E-state index contributed by atoms with van der Waals surface area (Å²) >= 11 is 0. The molecule has 1 heterocycles. The first-order valence-electron chi connectivity index (χ1n) is 7.32. The number of phenolic OH excluding ortho intramolecular Hbond substituents is 1. The quantitative estimate of drug-likeness (QED) is 0.909. The molecule has 1 aromatic carbocycles. The van der Waals surface area contributed by atoms with Crippen molar-refractivity contribution in [1.29, 1.82) is 0 Å². The zero-order chi connectivity index (χ0) is 15.5. The molecule has 0 aromatic heterocycles. The Morgan fingerprint density at radius 3 is 2.24 bits per heavy atom. The molecule has 1 saturated heterocycles. The first kappa shape index (κ1) is 15.6. The highest BCUT2D eigenvalue weighted by molar-refractivity contribution is 5.68. The smallest absolute Gasteiger partial charge is 0.410 e. The van der Waals surface area contributed by atoms with Crippen LogP contribution in [0.15, 0.2) is 24.3 Å². The lowest BCUT2D eigenvalue weighted by Gasteiger charge is -2.35. The Balaban J connectivity index is 1.80. The van der Waals surface area contributed by atoms with Crippen molar-refractivity contribution < 1.29 is 14.6 Å². The molecule has 2 rings (SSSR count). The average molecular weight is 292 g/mol. The Kier molecular flexibility index (Phi) is 4.73. The Labute approximate surface area is 126 Å². The highest BCUT2D eigenvalue weighted by Crippen LogP contribution is 2.15. The average Bonchev–Trinajstić information content (AvgIpc) is 2.40. The van der Waals surface area contributed by atoms with Gasteiger partial charge < -0.3 is 14.7 Å². The van der Waals surface area contributed by atoms with E-state index in [1.165, 1.54) is 5.56 Å². The van der Waals surface area contributed by atoms with Crippen LogP contribution in [0.5, 0.6) is 5.75 Å². The topological polar surface area (TPSA) is 53.0 Å². The van der Waals surface area contributed by atoms with Crippen molar-refractivity contribution >= 4 is 6.09 Å². The lowest BCUT2D eigenvalue weighted by molar-refractivity contribution is 0.0139. The van der Waals surface area contributed by atoms with Crippen molar-refractivity contribution in [2.24, 2.45) is 0 Å². The Morgan fingerprint density at radius 2 is 1.71 bits per heavy atom. The molecular weight excluding hydrogens is 268 g/mol. The number of carbonyl (C=O) groups excluding carboxylic acids is 1. The molecule has 0 radical (unpaired) electrons. The fraction of sp³-hybridized carbons (Fsp3) is 0.562. The highest BCUT2D eigenvalue weighted by Gasteiger charge is 2.25. The van der Waals surface area contributed by atoms with Gasteiger partial charge in [0.15, 0.2) is 0 Å². The second kappa shape index (κ2) is 6.35. The molecule has 1 N–H and O–H groups in total. The van der Waals surface area contributed by atoms with E-state index in [0.717, 1.165) is 19.6 Å². The van der Waals surface area contributed by atoms with Gasteiger partial charge in [0, 0.05) is 32.7 Å². The van der Waals surface area contributed by atoms with Gasteiger partial charge in [-0.15, -0.1) is 0 Å². The number of amides is 1. The standard InChI is InChI=1S/C16H24N2O3/c1-16(2,3)21-15(20)18-10-8-17(9-11-18)12-13-4-6-14(19)7-5-13/h4-7,19H,8-12H2,1-3H3. The van der Waals surface area contributed by atoms with Crippen LogP contribution in [0.25, 0.3) is 0 Å². The molecule has 1 aliphatic heterocycles. The molecule has 1 fully saturated rings. The van der Waals surface area contributed by atoms with E-state index >= 15 is 0 Å². The van der Waals surface area contributed by atoms with Crippen molar-refractivity contribution in [2.45, 2.75) is 32.9 Å². The third-order valence-corrected chi connectivity index (χ3v) is 3.37. The van der Waals surface area contributed by atoms with Gasteiger partial charge in [-0.1, -0.05) is 12.1 Å². The van der Waals surface area contributed by atoms with Crippen LogP contribution in [0.1, 0.15) is 26.3 Å². The summed E-state index contributed by atoms with van der Waals surface area (Å²) in [5.74, 6) is 0.286. The van der Waals surface area contributed by atoms with Crippen LogP contribution < -0.4 is 0 Å². The number of hydrogen-bond donors (Lipinski definition) is 1. The van der Waals surface area contributed by atoms with Crippen LogP contribution in [0.2, 0.25) is 0 Å². The molecule has 1 aliphatic rings. The van der Waals surface area contributed by atoms with Gasteiger partial charge in [-0.05, 0) is 38.5 Å². The molecule has 1 amide bonds. The minimum absolute atomic E-state index is 0.230. The summed E-state index contributed by atoms with van der Waals surface area (Å²) in [4.78, 5) is 16.0. The Morgan fingerprint density at radius 1 is 1.14 bits per heavy atom. The van der Waals surface area contributed by atoms with Gasteiger partial charge in [0.2, 0.25) is 0 Å². The predicted octanol–water partition coefficient (Wildman–Crippen LogP) is 2.44. The van der Waals surface area contributed by atoms with Crippen LogP contribution >= 0.6 is 0 Å². The Bertz CT molecular complexity index is 471. The summed E-state index contributed by atoms with van der Waals surface area (Å²) in [7, 11) is 0. The molecule has 0 spiro atoms. The molecule has 0 saturated carbocycles. The van der Waals surface area contributed by atoms with Crippen molar-refractivity contribution in [3.63, 3.8) is 0 Å². The highest BCUT2D eigenvalue weighted by atomic mass is 16.6. The first-order chi connectivity index (χ1) is 9.83. The van der Waals surface area contributed by atoms with E-state index in [1.54, 1.807) is 17.0 Å². The van der Waals surface area contributed by atoms with Crippen LogP contribution in [0, 0.1) is 0 Å². The van der Waals surface area contributed by atoms with Crippen molar-refractivity contribution in [1.82, 2.24) is 9.80 Å². The molecule has 5 nitrogen and oxygen atoms in total. The SMILES string of the molecule is CC(C)(C)OC(=O)N1CCN(Cc2ccc(O)cc2)CC1. The maximum atomic E-state index is 12.0. The van der Waals surface area contributed by atoms with E-state index in [2.05, 4.69) is 4.90 Å². The molecular formula is C16H24N2O3. The number of carbonyl (C=O) groups is 1. The van der Waals surface area contributed by atoms with Gasteiger partial charge in [0.05, 0.1) is 0 Å².